The summed E-state index contributed by atoms with van der Waals surface area (Å²) in [5.74, 6) is -0.264. The molecule has 30 heavy (non-hydrogen) atoms. The van der Waals surface area contributed by atoms with Crippen LogP contribution in [0.25, 0.3) is 10.9 Å². The van der Waals surface area contributed by atoms with E-state index in [0.717, 1.165) is 48.4 Å². The topological polar surface area (TPSA) is 88.3 Å². The van der Waals surface area contributed by atoms with Crippen LogP contribution in [0.3, 0.4) is 0 Å². The minimum absolute atomic E-state index is 0.210. The average molecular weight is 427 g/mol. The van der Waals surface area contributed by atoms with Gasteiger partial charge in [-0.3, -0.25) is 9.52 Å². The van der Waals surface area contributed by atoms with Crippen LogP contribution >= 0.6 is 0 Å². The molecule has 0 aliphatic heterocycles. The highest BCUT2D eigenvalue weighted by Crippen LogP contribution is 2.49. The van der Waals surface area contributed by atoms with Crippen molar-refractivity contribution in [1.82, 2.24) is 4.98 Å². The number of carbonyl (C=O) groups excluding carboxylic acids is 1. The number of nitrogens with one attached hydrogen (secondary N) is 2. The number of carbonyl (C=O) groups is 1. The number of rotatable bonds is 7. The number of aryl methyl sites for hydroxylation is 1. The van der Waals surface area contributed by atoms with Crippen LogP contribution in [0.4, 0.5) is 5.69 Å². The lowest BCUT2D eigenvalue weighted by Gasteiger charge is -2.31. The van der Waals surface area contributed by atoms with Crippen molar-refractivity contribution in [1.29, 1.82) is 0 Å². The molecule has 1 aliphatic carbocycles. The molecule has 0 saturated carbocycles. The molecule has 0 amide bonds. The zero-order valence-electron chi connectivity index (χ0n) is 17.2. The van der Waals surface area contributed by atoms with Gasteiger partial charge in [0.2, 0.25) is 10.0 Å². The fourth-order valence-electron chi connectivity index (χ4n) is 4.79. The SMILES string of the molecule is CC(=O)OCCCC1(c2c[nH]c3c(NS(C)(=O)=O)cccc23)CCc2ccccc21. The summed E-state index contributed by atoms with van der Waals surface area (Å²) < 4.78 is 31.4. The number of ether oxygens (including phenoxy) is 1. The number of benzene rings is 2. The summed E-state index contributed by atoms with van der Waals surface area (Å²) in [4.78, 5) is 14.5. The van der Waals surface area contributed by atoms with Crippen LogP contribution in [0.5, 0.6) is 0 Å². The molecule has 1 aliphatic rings. The van der Waals surface area contributed by atoms with E-state index in [1.807, 2.05) is 18.3 Å². The number of esters is 1. The second kappa shape index (κ2) is 7.80. The van der Waals surface area contributed by atoms with Crippen molar-refractivity contribution in [2.75, 3.05) is 17.6 Å². The fourth-order valence-corrected chi connectivity index (χ4v) is 5.36. The van der Waals surface area contributed by atoms with E-state index < -0.39 is 10.0 Å². The van der Waals surface area contributed by atoms with Crippen LogP contribution in [0.15, 0.2) is 48.7 Å². The van der Waals surface area contributed by atoms with Gasteiger partial charge in [0.15, 0.2) is 0 Å². The maximum absolute atomic E-state index is 11.8. The number of hydrogen-bond donors (Lipinski definition) is 2. The number of H-pyrrole nitrogens is 1. The van der Waals surface area contributed by atoms with Crippen molar-refractivity contribution >= 4 is 32.6 Å². The zero-order chi connectivity index (χ0) is 21.4. The second-order valence-corrected chi connectivity index (χ2v) is 9.74. The summed E-state index contributed by atoms with van der Waals surface area (Å²) in [5.41, 5.74) is 4.91. The van der Waals surface area contributed by atoms with Gasteiger partial charge in [0.05, 0.1) is 24.1 Å². The van der Waals surface area contributed by atoms with Gasteiger partial charge < -0.3 is 9.72 Å². The minimum atomic E-state index is -3.39. The summed E-state index contributed by atoms with van der Waals surface area (Å²) in [5, 5.41) is 1.01. The standard InChI is InChI=1S/C23H26N2O4S/c1-16(26)29-14-6-12-23(13-11-17-7-3-4-9-19(17)23)20-15-24-22-18(20)8-5-10-21(22)25-30(2,27)28/h3-5,7-10,15,24-25H,6,11-14H2,1-2H3. The van der Waals surface area contributed by atoms with Crippen LogP contribution in [-0.2, 0) is 31.4 Å². The number of anilines is 1. The highest BCUT2D eigenvalue weighted by Gasteiger charge is 2.41. The van der Waals surface area contributed by atoms with E-state index in [1.54, 1.807) is 6.07 Å². The molecule has 1 unspecified atom stereocenters. The fraction of sp³-hybridized carbons (Fsp3) is 0.348. The monoisotopic (exact) mass is 426 g/mol. The molecule has 2 aromatic carbocycles. The summed E-state index contributed by atoms with van der Waals surface area (Å²) in [6.45, 7) is 1.82. The van der Waals surface area contributed by atoms with Gasteiger partial charge in [0.25, 0.3) is 0 Å². The second-order valence-electron chi connectivity index (χ2n) is 7.99. The van der Waals surface area contributed by atoms with E-state index >= 15 is 0 Å². The summed E-state index contributed by atoms with van der Waals surface area (Å²) in [6.07, 6.45) is 6.70. The predicted molar refractivity (Wildman–Crippen MR) is 118 cm³/mol. The molecule has 0 fully saturated rings. The van der Waals surface area contributed by atoms with Crippen molar-refractivity contribution in [3.63, 3.8) is 0 Å². The Hall–Kier alpha value is -2.80. The number of para-hydroxylation sites is 1. The first kappa shape index (κ1) is 20.5. The molecule has 3 aromatic rings. The van der Waals surface area contributed by atoms with Crippen LogP contribution in [0.1, 0.15) is 42.9 Å². The molecule has 158 valence electrons. The predicted octanol–water partition coefficient (Wildman–Crippen LogP) is 4.12. The van der Waals surface area contributed by atoms with Crippen LogP contribution in [-0.4, -0.2) is 32.2 Å². The molecular formula is C23H26N2O4S. The Labute approximate surface area is 176 Å². The molecule has 0 bridgehead atoms. The van der Waals surface area contributed by atoms with Crippen molar-refractivity contribution in [2.45, 2.75) is 38.0 Å². The number of fused-ring (bicyclic) bond motifs is 2. The Morgan fingerprint density at radius 3 is 2.73 bits per heavy atom. The van der Waals surface area contributed by atoms with Crippen molar-refractivity contribution in [3.05, 3.63) is 65.4 Å². The molecule has 7 heteroatoms. The van der Waals surface area contributed by atoms with Gasteiger partial charge in [-0.05, 0) is 48.4 Å². The maximum Gasteiger partial charge on any atom is 0.302 e. The quantitative estimate of drug-likeness (QED) is 0.439. The first-order valence-electron chi connectivity index (χ1n) is 10.1. The molecule has 0 saturated heterocycles. The highest BCUT2D eigenvalue weighted by atomic mass is 32.2. The first-order chi connectivity index (χ1) is 14.3. The zero-order valence-corrected chi connectivity index (χ0v) is 18.0. The van der Waals surface area contributed by atoms with Crippen molar-refractivity contribution in [2.24, 2.45) is 0 Å². The van der Waals surface area contributed by atoms with Gasteiger partial charge in [0.1, 0.15) is 0 Å². The van der Waals surface area contributed by atoms with E-state index in [9.17, 15) is 13.2 Å². The van der Waals surface area contributed by atoms with Crippen molar-refractivity contribution < 1.29 is 17.9 Å². The van der Waals surface area contributed by atoms with Gasteiger partial charge >= 0.3 is 5.97 Å². The van der Waals surface area contributed by atoms with E-state index in [-0.39, 0.29) is 11.4 Å². The molecule has 4 rings (SSSR count). The van der Waals surface area contributed by atoms with Gasteiger partial charge in [-0.2, -0.15) is 0 Å². The van der Waals surface area contributed by atoms with Crippen LogP contribution in [0.2, 0.25) is 0 Å². The Bertz CT molecular complexity index is 1200. The minimum Gasteiger partial charge on any atom is -0.466 e. The normalized spacial score (nSPS) is 18.3. The molecule has 6 nitrogen and oxygen atoms in total. The largest absolute Gasteiger partial charge is 0.466 e. The summed E-state index contributed by atoms with van der Waals surface area (Å²) in [6, 6.07) is 14.2. The van der Waals surface area contributed by atoms with E-state index in [2.05, 4.69) is 34.0 Å². The van der Waals surface area contributed by atoms with Crippen molar-refractivity contribution in [3.8, 4) is 0 Å². The smallest absolute Gasteiger partial charge is 0.302 e. The first-order valence-corrected chi connectivity index (χ1v) is 12.0. The lowest BCUT2D eigenvalue weighted by molar-refractivity contribution is -0.141. The summed E-state index contributed by atoms with van der Waals surface area (Å²) in [7, 11) is -3.39. The Kier molecular flexibility index (Phi) is 5.32. The lowest BCUT2D eigenvalue weighted by Crippen LogP contribution is -2.25. The third kappa shape index (κ3) is 3.81. The molecular weight excluding hydrogens is 400 g/mol. The third-order valence-corrected chi connectivity index (χ3v) is 6.52. The Morgan fingerprint density at radius 2 is 1.97 bits per heavy atom. The molecule has 0 spiro atoms. The molecule has 1 heterocycles. The van der Waals surface area contributed by atoms with E-state index in [1.165, 1.54) is 18.1 Å². The molecule has 2 N–H and O–H groups in total. The van der Waals surface area contributed by atoms with Crippen LogP contribution in [0, 0.1) is 0 Å². The third-order valence-electron chi connectivity index (χ3n) is 5.93. The Morgan fingerprint density at radius 1 is 1.17 bits per heavy atom. The van der Waals surface area contributed by atoms with Gasteiger partial charge in [0, 0.05) is 23.9 Å². The number of hydrogen-bond acceptors (Lipinski definition) is 4. The Balaban J connectivity index is 1.80. The number of aromatic nitrogens is 1. The molecule has 1 atom stereocenters. The van der Waals surface area contributed by atoms with Gasteiger partial charge in [-0.15, -0.1) is 0 Å². The maximum atomic E-state index is 11.8. The number of aromatic amines is 1. The highest BCUT2D eigenvalue weighted by molar-refractivity contribution is 7.92. The van der Waals surface area contributed by atoms with Crippen LogP contribution < -0.4 is 4.72 Å². The molecule has 1 aromatic heterocycles. The van der Waals surface area contributed by atoms with E-state index in [0.29, 0.717) is 12.3 Å². The van der Waals surface area contributed by atoms with Gasteiger partial charge in [-0.1, -0.05) is 36.4 Å². The number of sulfonamides is 1. The average Bonchev–Trinajstić information content (AvgIpc) is 3.27. The summed E-state index contributed by atoms with van der Waals surface area (Å²) >= 11 is 0. The van der Waals surface area contributed by atoms with Gasteiger partial charge in [-0.25, -0.2) is 8.42 Å². The van der Waals surface area contributed by atoms with E-state index in [4.69, 9.17) is 4.74 Å². The lowest BCUT2D eigenvalue weighted by atomic mass is 9.72. The molecule has 0 radical (unpaired) electrons.